The molecule has 0 radical (unpaired) electrons. The van der Waals surface area contributed by atoms with E-state index in [1.54, 1.807) is 0 Å². The second-order valence-corrected chi connectivity index (χ2v) is 6.47. The van der Waals surface area contributed by atoms with Crippen LogP contribution >= 0.6 is 11.6 Å². The van der Waals surface area contributed by atoms with Gasteiger partial charge in [-0.2, -0.15) is 0 Å². The fraction of sp³-hybridized carbons (Fsp3) is 0.625. The van der Waals surface area contributed by atoms with Gasteiger partial charge >= 0.3 is 0 Å². The average molecular weight is 292 g/mol. The van der Waals surface area contributed by atoms with Crippen LogP contribution in [0.3, 0.4) is 0 Å². The number of hydrogen-bond donors (Lipinski definition) is 0. The normalized spacial score (nSPS) is 23.4. The first kappa shape index (κ1) is 13.9. The van der Waals surface area contributed by atoms with Gasteiger partial charge < -0.3 is 4.57 Å². The number of fused-ring (bicyclic) bond motifs is 1. The van der Waals surface area contributed by atoms with E-state index < -0.39 is 0 Å². The molecule has 1 aliphatic carbocycles. The quantitative estimate of drug-likeness (QED) is 0.789. The lowest BCUT2D eigenvalue weighted by Crippen LogP contribution is -2.19. The minimum Gasteiger partial charge on any atom is -0.311 e. The van der Waals surface area contributed by atoms with Gasteiger partial charge in [-0.3, -0.25) is 0 Å². The van der Waals surface area contributed by atoms with Gasteiger partial charge in [0.05, 0.1) is 5.88 Å². The molecule has 20 heavy (non-hydrogen) atoms. The largest absolute Gasteiger partial charge is 0.311 e. The maximum absolute atomic E-state index is 6.09. The summed E-state index contributed by atoms with van der Waals surface area (Å²) in [4.78, 5) is 9.21. The summed E-state index contributed by atoms with van der Waals surface area (Å²) in [7, 11) is 0. The van der Waals surface area contributed by atoms with Crippen LogP contribution in [0.4, 0.5) is 0 Å². The van der Waals surface area contributed by atoms with Gasteiger partial charge in [0.25, 0.3) is 0 Å². The van der Waals surface area contributed by atoms with E-state index in [1.807, 2.05) is 12.3 Å². The van der Waals surface area contributed by atoms with E-state index in [2.05, 4.69) is 28.4 Å². The second-order valence-electron chi connectivity index (χ2n) is 6.20. The van der Waals surface area contributed by atoms with Crippen LogP contribution in [0, 0.1) is 18.8 Å². The lowest BCUT2D eigenvalue weighted by molar-refractivity contribution is 0.265. The van der Waals surface area contributed by atoms with E-state index in [0.29, 0.717) is 5.88 Å². The van der Waals surface area contributed by atoms with Gasteiger partial charge in [-0.05, 0) is 43.2 Å². The highest BCUT2D eigenvalue weighted by atomic mass is 35.5. The number of pyridine rings is 1. The van der Waals surface area contributed by atoms with Crippen molar-refractivity contribution in [3.8, 4) is 0 Å². The number of alkyl halides is 1. The first-order valence-electron chi connectivity index (χ1n) is 7.55. The molecule has 1 fully saturated rings. The zero-order valence-electron chi connectivity index (χ0n) is 12.3. The van der Waals surface area contributed by atoms with Crippen LogP contribution in [-0.2, 0) is 12.4 Å². The summed E-state index contributed by atoms with van der Waals surface area (Å²) >= 11 is 6.09. The van der Waals surface area contributed by atoms with E-state index in [0.717, 1.165) is 35.4 Å². The minimum atomic E-state index is 0.457. The molecule has 2 aromatic rings. The zero-order valence-corrected chi connectivity index (χ0v) is 13.0. The number of aryl methyl sites for hydroxylation is 1. The predicted octanol–water partition coefficient (Wildman–Crippen LogP) is 4.30. The Hall–Kier alpha value is -1.09. The van der Waals surface area contributed by atoms with Crippen molar-refractivity contribution in [2.45, 2.75) is 52.0 Å². The van der Waals surface area contributed by atoms with Crippen molar-refractivity contribution in [2.75, 3.05) is 0 Å². The number of aromatic nitrogens is 3. The molecule has 1 saturated carbocycles. The van der Waals surface area contributed by atoms with Crippen molar-refractivity contribution >= 4 is 22.8 Å². The van der Waals surface area contributed by atoms with Gasteiger partial charge in [-0.25, -0.2) is 9.97 Å². The Balaban J connectivity index is 1.92. The summed E-state index contributed by atoms with van der Waals surface area (Å²) < 4.78 is 2.25. The first-order valence-corrected chi connectivity index (χ1v) is 8.09. The fourth-order valence-electron chi connectivity index (χ4n) is 3.25. The first-order chi connectivity index (χ1) is 9.69. The second kappa shape index (κ2) is 5.72. The highest BCUT2D eigenvalue weighted by Crippen LogP contribution is 2.31. The Kier molecular flexibility index (Phi) is 3.97. The van der Waals surface area contributed by atoms with E-state index in [1.165, 1.54) is 31.2 Å². The van der Waals surface area contributed by atoms with E-state index in [9.17, 15) is 0 Å². The molecule has 2 heterocycles. The Labute approximate surface area is 125 Å². The fourth-order valence-corrected chi connectivity index (χ4v) is 3.45. The minimum absolute atomic E-state index is 0.457. The van der Waals surface area contributed by atoms with Crippen LogP contribution in [0.5, 0.6) is 0 Å². The molecule has 3 rings (SSSR count). The maximum Gasteiger partial charge on any atom is 0.160 e. The third kappa shape index (κ3) is 2.56. The molecule has 0 amide bonds. The molecule has 0 atom stereocenters. The third-order valence-corrected chi connectivity index (χ3v) is 4.85. The van der Waals surface area contributed by atoms with Crippen LogP contribution in [0.25, 0.3) is 11.2 Å². The maximum atomic E-state index is 6.09. The Morgan fingerprint density at radius 3 is 2.75 bits per heavy atom. The van der Waals surface area contributed by atoms with Crippen LogP contribution < -0.4 is 0 Å². The van der Waals surface area contributed by atoms with Gasteiger partial charge in [0.1, 0.15) is 11.3 Å². The van der Waals surface area contributed by atoms with E-state index >= 15 is 0 Å². The molecular formula is C16H22ClN3. The number of nitrogens with zero attached hydrogens (tertiary/aromatic N) is 3. The summed E-state index contributed by atoms with van der Waals surface area (Å²) in [5, 5.41) is 0. The van der Waals surface area contributed by atoms with Gasteiger partial charge in [0, 0.05) is 12.7 Å². The van der Waals surface area contributed by atoms with Crippen LogP contribution in [0.1, 0.15) is 44.0 Å². The molecule has 2 aromatic heterocycles. The number of hydrogen-bond acceptors (Lipinski definition) is 2. The van der Waals surface area contributed by atoms with Crippen molar-refractivity contribution in [1.82, 2.24) is 14.5 Å². The van der Waals surface area contributed by atoms with Crippen molar-refractivity contribution in [3.05, 3.63) is 23.7 Å². The summed E-state index contributed by atoms with van der Waals surface area (Å²) in [5.74, 6) is 3.05. The van der Waals surface area contributed by atoms with Crippen LogP contribution in [0.2, 0.25) is 0 Å². The Morgan fingerprint density at radius 1 is 1.30 bits per heavy atom. The summed E-state index contributed by atoms with van der Waals surface area (Å²) in [6, 6.07) is 2.01. The topological polar surface area (TPSA) is 30.7 Å². The highest BCUT2D eigenvalue weighted by Gasteiger charge is 2.21. The van der Waals surface area contributed by atoms with Gasteiger partial charge in [0.15, 0.2) is 5.65 Å². The van der Waals surface area contributed by atoms with E-state index in [4.69, 9.17) is 11.6 Å². The molecule has 108 valence electrons. The SMILES string of the molecule is Cc1ccnc2c1nc(CCl)n2CC1CCC(C)CC1. The van der Waals surface area contributed by atoms with Crippen molar-refractivity contribution < 1.29 is 0 Å². The molecule has 0 bridgehead atoms. The number of halogens is 1. The Morgan fingerprint density at radius 2 is 2.05 bits per heavy atom. The molecule has 0 saturated heterocycles. The highest BCUT2D eigenvalue weighted by molar-refractivity contribution is 6.16. The van der Waals surface area contributed by atoms with Crippen molar-refractivity contribution in [2.24, 2.45) is 11.8 Å². The third-order valence-electron chi connectivity index (χ3n) is 4.61. The number of rotatable bonds is 3. The zero-order chi connectivity index (χ0) is 14.1. The summed E-state index contributed by atoms with van der Waals surface area (Å²) in [5.41, 5.74) is 3.18. The van der Waals surface area contributed by atoms with Crippen molar-refractivity contribution in [3.63, 3.8) is 0 Å². The van der Waals surface area contributed by atoms with Crippen molar-refractivity contribution in [1.29, 1.82) is 0 Å². The molecule has 0 aliphatic heterocycles. The average Bonchev–Trinajstić information content (AvgIpc) is 2.81. The molecular weight excluding hydrogens is 270 g/mol. The van der Waals surface area contributed by atoms with Crippen LogP contribution in [-0.4, -0.2) is 14.5 Å². The lowest BCUT2D eigenvalue weighted by Gasteiger charge is -2.26. The standard InChI is InChI=1S/C16H22ClN3/c1-11-3-5-13(6-4-11)10-20-14(9-17)19-15-12(2)7-8-18-16(15)20/h7-8,11,13H,3-6,9-10H2,1-2H3. The van der Waals surface area contributed by atoms with E-state index in [-0.39, 0.29) is 0 Å². The smallest absolute Gasteiger partial charge is 0.160 e. The van der Waals surface area contributed by atoms with Gasteiger partial charge in [0.2, 0.25) is 0 Å². The molecule has 0 spiro atoms. The molecule has 0 N–H and O–H groups in total. The Bertz CT molecular complexity index is 597. The lowest BCUT2D eigenvalue weighted by atomic mass is 9.83. The molecule has 0 unspecified atom stereocenters. The van der Waals surface area contributed by atoms with Gasteiger partial charge in [-0.1, -0.05) is 19.8 Å². The monoisotopic (exact) mass is 291 g/mol. The molecule has 0 aromatic carbocycles. The molecule has 3 nitrogen and oxygen atoms in total. The summed E-state index contributed by atoms with van der Waals surface area (Å²) in [6.07, 6.45) is 7.19. The summed E-state index contributed by atoms with van der Waals surface area (Å²) in [6.45, 7) is 5.46. The molecule has 4 heteroatoms. The van der Waals surface area contributed by atoms with Gasteiger partial charge in [-0.15, -0.1) is 11.6 Å². The predicted molar refractivity (Wildman–Crippen MR) is 82.9 cm³/mol. The number of imidazole rings is 1. The van der Waals surface area contributed by atoms with Crippen LogP contribution in [0.15, 0.2) is 12.3 Å². The molecule has 1 aliphatic rings.